The SMILES string of the molecule is CC(C)(C)NC(=O)CNC(=O)c1cnn(-c2cccc(C(F)(F)F)c2)c1C1CC1. The van der Waals surface area contributed by atoms with Gasteiger partial charge in [-0.15, -0.1) is 0 Å². The zero-order chi connectivity index (χ0) is 21.4. The number of hydrogen-bond donors (Lipinski definition) is 2. The van der Waals surface area contributed by atoms with Gasteiger partial charge in [0.25, 0.3) is 5.91 Å². The first kappa shape index (κ1) is 20.9. The summed E-state index contributed by atoms with van der Waals surface area (Å²) >= 11 is 0. The van der Waals surface area contributed by atoms with Gasteiger partial charge in [0.05, 0.1) is 35.2 Å². The number of nitrogens with one attached hydrogen (secondary N) is 2. The van der Waals surface area contributed by atoms with Crippen LogP contribution in [0.5, 0.6) is 0 Å². The summed E-state index contributed by atoms with van der Waals surface area (Å²) in [5, 5.41) is 9.47. The van der Waals surface area contributed by atoms with Gasteiger partial charge >= 0.3 is 6.18 Å². The van der Waals surface area contributed by atoms with Crippen LogP contribution in [0.3, 0.4) is 0 Å². The highest BCUT2D eigenvalue weighted by Gasteiger charge is 2.34. The molecule has 29 heavy (non-hydrogen) atoms. The zero-order valence-corrected chi connectivity index (χ0v) is 16.4. The van der Waals surface area contributed by atoms with Gasteiger partial charge in [-0.25, -0.2) is 4.68 Å². The molecule has 156 valence electrons. The standard InChI is InChI=1S/C20H23F3N4O2/c1-19(2,3)26-16(28)11-24-18(29)15-10-25-27(17(15)12-7-8-12)14-6-4-5-13(9-14)20(21,22)23/h4-6,9-10,12H,7-8,11H2,1-3H3,(H,24,29)(H,26,28). The Bertz CT molecular complexity index is 925. The van der Waals surface area contributed by atoms with E-state index in [2.05, 4.69) is 15.7 Å². The summed E-state index contributed by atoms with van der Waals surface area (Å²) in [6, 6.07) is 4.84. The molecule has 9 heteroatoms. The van der Waals surface area contributed by atoms with Crippen LogP contribution in [0.4, 0.5) is 13.2 Å². The quantitative estimate of drug-likeness (QED) is 0.796. The normalized spacial score (nSPS) is 14.6. The average Bonchev–Trinajstić information content (AvgIpc) is 3.35. The summed E-state index contributed by atoms with van der Waals surface area (Å²) in [6.45, 7) is 5.29. The fourth-order valence-electron chi connectivity index (χ4n) is 3.02. The Balaban J connectivity index is 1.83. The van der Waals surface area contributed by atoms with Crippen molar-refractivity contribution in [3.8, 4) is 5.69 Å². The molecule has 0 radical (unpaired) electrons. The number of amides is 2. The molecule has 1 heterocycles. The van der Waals surface area contributed by atoms with Crippen molar-refractivity contribution in [2.24, 2.45) is 0 Å². The first-order chi connectivity index (χ1) is 13.5. The van der Waals surface area contributed by atoms with Crippen LogP contribution in [0.15, 0.2) is 30.5 Å². The molecule has 2 amide bonds. The maximum Gasteiger partial charge on any atom is 0.416 e. The minimum absolute atomic E-state index is 0.0520. The monoisotopic (exact) mass is 408 g/mol. The molecule has 2 N–H and O–H groups in total. The number of carbonyl (C=O) groups is 2. The Morgan fingerprint density at radius 3 is 2.48 bits per heavy atom. The lowest BCUT2D eigenvalue weighted by Gasteiger charge is -2.20. The highest BCUT2D eigenvalue weighted by atomic mass is 19.4. The lowest BCUT2D eigenvalue weighted by Crippen LogP contribution is -2.45. The zero-order valence-electron chi connectivity index (χ0n) is 16.4. The van der Waals surface area contributed by atoms with Crippen LogP contribution in [0.2, 0.25) is 0 Å². The molecule has 1 saturated carbocycles. The van der Waals surface area contributed by atoms with Crippen molar-refractivity contribution in [2.45, 2.75) is 51.2 Å². The third-order valence-corrected chi connectivity index (χ3v) is 4.36. The highest BCUT2D eigenvalue weighted by Crippen LogP contribution is 2.42. The molecule has 0 saturated heterocycles. The van der Waals surface area contributed by atoms with Crippen molar-refractivity contribution in [3.63, 3.8) is 0 Å². The summed E-state index contributed by atoms with van der Waals surface area (Å²) in [5.74, 6) is -0.755. The number of rotatable bonds is 5. The molecule has 1 aromatic carbocycles. The summed E-state index contributed by atoms with van der Waals surface area (Å²) in [5.41, 5.74) is -0.120. The van der Waals surface area contributed by atoms with Gasteiger partial charge in [0, 0.05) is 11.5 Å². The predicted molar refractivity (Wildman–Crippen MR) is 101 cm³/mol. The average molecular weight is 408 g/mol. The van der Waals surface area contributed by atoms with Gasteiger partial charge in [0.1, 0.15) is 0 Å². The topological polar surface area (TPSA) is 76.0 Å². The molecule has 1 fully saturated rings. The maximum absolute atomic E-state index is 13.1. The fourth-order valence-corrected chi connectivity index (χ4v) is 3.02. The van der Waals surface area contributed by atoms with E-state index in [1.54, 1.807) is 0 Å². The van der Waals surface area contributed by atoms with Gasteiger partial charge in [-0.05, 0) is 51.8 Å². The summed E-state index contributed by atoms with van der Waals surface area (Å²) < 4.78 is 40.5. The molecule has 1 aliphatic rings. The number of hydrogen-bond acceptors (Lipinski definition) is 3. The van der Waals surface area contributed by atoms with E-state index in [1.807, 2.05) is 20.8 Å². The van der Waals surface area contributed by atoms with Crippen molar-refractivity contribution in [1.82, 2.24) is 20.4 Å². The Morgan fingerprint density at radius 1 is 1.21 bits per heavy atom. The van der Waals surface area contributed by atoms with E-state index in [4.69, 9.17) is 0 Å². The molecule has 1 aromatic heterocycles. The summed E-state index contributed by atoms with van der Waals surface area (Å²) in [7, 11) is 0. The van der Waals surface area contributed by atoms with Crippen LogP contribution < -0.4 is 10.6 Å². The Hall–Kier alpha value is -2.84. The van der Waals surface area contributed by atoms with E-state index in [1.165, 1.54) is 23.0 Å². The molecule has 6 nitrogen and oxygen atoms in total. The second-order valence-corrected chi connectivity index (χ2v) is 8.16. The van der Waals surface area contributed by atoms with E-state index in [0.29, 0.717) is 5.69 Å². The molecule has 2 aromatic rings. The molecule has 0 spiro atoms. The molecule has 3 rings (SSSR count). The Kier molecular flexibility index (Phi) is 5.42. The molecular formula is C20H23F3N4O2. The Morgan fingerprint density at radius 2 is 1.90 bits per heavy atom. The molecular weight excluding hydrogens is 385 g/mol. The van der Waals surface area contributed by atoms with Gasteiger partial charge in [0.15, 0.2) is 0 Å². The number of alkyl halides is 3. The lowest BCUT2D eigenvalue weighted by molar-refractivity contribution is -0.137. The van der Waals surface area contributed by atoms with Gasteiger partial charge in [0.2, 0.25) is 5.91 Å². The third kappa shape index (κ3) is 5.16. The highest BCUT2D eigenvalue weighted by molar-refractivity contribution is 5.97. The predicted octanol–water partition coefficient (Wildman–Crippen LogP) is 3.41. The summed E-state index contributed by atoms with van der Waals surface area (Å²) in [4.78, 5) is 24.5. The smallest absolute Gasteiger partial charge is 0.350 e. The van der Waals surface area contributed by atoms with Crippen molar-refractivity contribution in [2.75, 3.05) is 6.54 Å². The van der Waals surface area contributed by atoms with Crippen LogP contribution >= 0.6 is 0 Å². The third-order valence-electron chi connectivity index (χ3n) is 4.36. The molecule has 0 bridgehead atoms. The van der Waals surface area contributed by atoms with Crippen LogP contribution in [0, 0.1) is 0 Å². The van der Waals surface area contributed by atoms with Crippen molar-refractivity contribution in [3.05, 3.63) is 47.3 Å². The Labute approximate surface area is 166 Å². The maximum atomic E-state index is 13.1. The van der Waals surface area contributed by atoms with E-state index in [9.17, 15) is 22.8 Å². The first-order valence-corrected chi connectivity index (χ1v) is 9.30. The van der Waals surface area contributed by atoms with Crippen molar-refractivity contribution >= 4 is 11.8 Å². The largest absolute Gasteiger partial charge is 0.416 e. The number of nitrogens with zero attached hydrogens (tertiary/aromatic N) is 2. The van der Waals surface area contributed by atoms with Crippen molar-refractivity contribution in [1.29, 1.82) is 0 Å². The second-order valence-electron chi connectivity index (χ2n) is 8.16. The first-order valence-electron chi connectivity index (χ1n) is 9.30. The number of aromatic nitrogens is 2. The van der Waals surface area contributed by atoms with E-state index < -0.39 is 23.2 Å². The van der Waals surface area contributed by atoms with Gasteiger partial charge in [-0.3, -0.25) is 9.59 Å². The van der Waals surface area contributed by atoms with Crippen molar-refractivity contribution < 1.29 is 22.8 Å². The molecule has 0 atom stereocenters. The lowest BCUT2D eigenvalue weighted by atomic mass is 10.1. The van der Waals surface area contributed by atoms with Gasteiger partial charge in [-0.1, -0.05) is 6.07 Å². The molecule has 0 aliphatic heterocycles. The van der Waals surface area contributed by atoms with Crippen LogP contribution in [-0.4, -0.2) is 33.7 Å². The minimum atomic E-state index is -4.47. The van der Waals surface area contributed by atoms with Crippen LogP contribution in [-0.2, 0) is 11.0 Å². The van der Waals surface area contributed by atoms with E-state index in [0.717, 1.165) is 25.0 Å². The summed E-state index contributed by atoms with van der Waals surface area (Å²) in [6.07, 6.45) is -1.47. The van der Waals surface area contributed by atoms with Crippen LogP contribution in [0.25, 0.3) is 5.69 Å². The number of benzene rings is 1. The molecule has 0 unspecified atom stereocenters. The minimum Gasteiger partial charge on any atom is -0.350 e. The number of carbonyl (C=O) groups excluding carboxylic acids is 2. The molecule has 1 aliphatic carbocycles. The van der Waals surface area contributed by atoms with E-state index >= 15 is 0 Å². The van der Waals surface area contributed by atoms with Crippen LogP contribution in [0.1, 0.15) is 61.1 Å². The van der Waals surface area contributed by atoms with E-state index in [-0.39, 0.29) is 29.6 Å². The fraction of sp³-hybridized carbons (Fsp3) is 0.450. The number of halogens is 3. The van der Waals surface area contributed by atoms with Gasteiger partial charge < -0.3 is 10.6 Å². The second kappa shape index (κ2) is 7.53. The van der Waals surface area contributed by atoms with Gasteiger partial charge in [-0.2, -0.15) is 18.3 Å².